The smallest absolute Gasteiger partial charge is 0.254 e. The van der Waals surface area contributed by atoms with Crippen LogP contribution in [-0.2, 0) is 0 Å². The van der Waals surface area contributed by atoms with Crippen LogP contribution >= 0.6 is 0 Å². The molecule has 0 spiro atoms. The molecule has 1 aliphatic rings. The maximum absolute atomic E-state index is 13.8. The second kappa shape index (κ2) is 7.38. The van der Waals surface area contributed by atoms with Crippen molar-refractivity contribution in [2.45, 2.75) is 18.9 Å². The van der Waals surface area contributed by atoms with Gasteiger partial charge in [0.15, 0.2) is 0 Å². The van der Waals surface area contributed by atoms with Crippen LogP contribution < -0.4 is 10.1 Å². The third kappa shape index (κ3) is 4.41. The fourth-order valence-corrected chi connectivity index (χ4v) is 2.35. The quantitative estimate of drug-likeness (QED) is 0.851. The molecule has 116 valence electrons. The second-order valence-corrected chi connectivity index (χ2v) is 5.26. The molecular weight excluding hydrogens is 275 g/mol. The number of hydrogen-bond acceptors (Lipinski definition) is 4. The molecule has 5 nitrogen and oxygen atoms in total. The highest BCUT2D eigenvalue weighted by Gasteiger charge is 2.21. The molecule has 0 radical (unpaired) electrons. The average Bonchev–Trinajstić information content (AvgIpc) is 2.48. The Labute approximate surface area is 123 Å². The van der Waals surface area contributed by atoms with E-state index in [4.69, 9.17) is 9.84 Å². The van der Waals surface area contributed by atoms with Gasteiger partial charge in [-0.1, -0.05) is 0 Å². The summed E-state index contributed by atoms with van der Waals surface area (Å²) >= 11 is 0. The normalized spacial score (nSPS) is 16.7. The summed E-state index contributed by atoms with van der Waals surface area (Å²) in [7, 11) is 2.04. The molecule has 2 rings (SSSR count). The number of aliphatic hydroxyl groups is 1. The van der Waals surface area contributed by atoms with Gasteiger partial charge in [0.25, 0.3) is 5.91 Å². The van der Waals surface area contributed by atoms with Crippen LogP contribution in [0.15, 0.2) is 18.2 Å². The van der Waals surface area contributed by atoms with Gasteiger partial charge in [0.2, 0.25) is 0 Å². The largest absolute Gasteiger partial charge is 0.491 e. The minimum absolute atomic E-state index is 0.0237. The molecule has 0 aromatic heterocycles. The molecular formula is C15H21FN2O3. The van der Waals surface area contributed by atoms with E-state index in [-0.39, 0.29) is 24.8 Å². The first-order chi connectivity index (χ1) is 10.1. The van der Waals surface area contributed by atoms with Crippen LogP contribution in [0.3, 0.4) is 0 Å². The maximum atomic E-state index is 13.8. The number of likely N-dealkylation sites (tertiary alicyclic amines) is 1. The Morgan fingerprint density at radius 3 is 2.86 bits per heavy atom. The number of nitrogens with one attached hydrogen (secondary N) is 1. The van der Waals surface area contributed by atoms with Crippen LogP contribution in [0.4, 0.5) is 4.39 Å². The van der Waals surface area contributed by atoms with E-state index in [9.17, 15) is 9.18 Å². The Hall–Kier alpha value is -1.66. The minimum Gasteiger partial charge on any atom is -0.491 e. The third-order valence-electron chi connectivity index (χ3n) is 3.60. The summed E-state index contributed by atoms with van der Waals surface area (Å²) in [6, 6.07) is 4.10. The van der Waals surface area contributed by atoms with Crippen LogP contribution in [-0.4, -0.2) is 55.3 Å². The lowest BCUT2D eigenvalue weighted by molar-refractivity contribution is 0.0912. The molecule has 2 N–H and O–H groups in total. The zero-order valence-corrected chi connectivity index (χ0v) is 12.1. The van der Waals surface area contributed by atoms with Gasteiger partial charge < -0.3 is 20.1 Å². The number of carbonyl (C=O) groups is 1. The number of benzene rings is 1. The summed E-state index contributed by atoms with van der Waals surface area (Å²) in [5.74, 6) is -0.618. The van der Waals surface area contributed by atoms with Crippen molar-refractivity contribution in [2.24, 2.45) is 0 Å². The van der Waals surface area contributed by atoms with Crippen molar-refractivity contribution in [3.8, 4) is 5.75 Å². The summed E-state index contributed by atoms with van der Waals surface area (Å²) < 4.78 is 19.0. The number of carbonyl (C=O) groups excluding carboxylic acids is 1. The summed E-state index contributed by atoms with van der Waals surface area (Å²) in [5, 5.41) is 11.6. The summed E-state index contributed by atoms with van der Waals surface area (Å²) in [5.41, 5.74) is -0.0237. The zero-order chi connectivity index (χ0) is 15.2. The second-order valence-electron chi connectivity index (χ2n) is 5.26. The standard InChI is InChI=1S/C15H21FN2O3/c1-18-6-4-11(5-7-18)17-15(20)13-10-12(21-9-8-19)2-3-14(13)16/h2-3,10-11,19H,4-9H2,1H3,(H,17,20). The molecule has 1 aromatic carbocycles. The van der Waals surface area contributed by atoms with E-state index < -0.39 is 11.7 Å². The van der Waals surface area contributed by atoms with Gasteiger partial charge >= 0.3 is 0 Å². The number of piperidine rings is 1. The van der Waals surface area contributed by atoms with Crippen molar-refractivity contribution in [1.29, 1.82) is 0 Å². The highest BCUT2D eigenvalue weighted by Crippen LogP contribution is 2.18. The molecule has 0 saturated carbocycles. The molecule has 1 heterocycles. The van der Waals surface area contributed by atoms with Crippen molar-refractivity contribution in [1.82, 2.24) is 10.2 Å². The van der Waals surface area contributed by atoms with Gasteiger partial charge in [-0.25, -0.2) is 4.39 Å². The van der Waals surface area contributed by atoms with Crippen LogP contribution in [0.1, 0.15) is 23.2 Å². The van der Waals surface area contributed by atoms with Gasteiger partial charge in [0, 0.05) is 6.04 Å². The Bertz CT molecular complexity index is 488. The van der Waals surface area contributed by atoms with E-state index in [0.717, 1.165) is 25.9 Å². The SMILES string of the molecule is CN1CCC(NC(=O)c2cc(OCCO)ccc2F)CC1. The molecule has 1 amide bonds. The van der Waals surface area contributed by atoms with Crippen molar-refractivity contribution in [3.05, 3.63) is 29.6 Å². The van der Waals surface area contributed by atoms with Crippen molar-refractivity contribution >= 4 is 5.91 Å². The number of nitrogens with zero attached hydrogens (tertiary/aromatic N) is 1. The third-order valence-corrected chi connectivity index (χ3v) is 3.60. The lowest BCUT2D eigenvalue weighted by Crippen LogP contribution is -2.43. The molecule has 0 bridgehead atoms. The van der Waals surface area contributed by atoms with E-state index in [2.05, 4.69) is 10.2 Å². The maximum Gasteiger partial charge on any atom is 0.254 e. The van der Waals surface area contributed by atoms with E-state index in [1.165, 1.54) is 18.2 Å². The van der Waals surface area contributed by atoms with Gasteiger partial charge in [0.05, 0.1) is 12.2 Å². The number of halogens is 1. The van der Waals surface area contributed by atoms with Crippen LogP contribution in [0.2, 0.25) is 0 Å². The fourth-order valence-electron chi connectivity index (χ4n) is 2.35. The predicted octanol–water partition coefficient (Wildman–Crippen LogP) is 1.02. The number of amides is 1. The van der Waals surface area contributed by atoms with E-state index >= 15 is 0 Å². The molecule has 1 aromatic rings. The monoisotopic (exact) mass is 296 g/mol. The Kier molecular flexibility index (Phi) is 5.52. The van der Waals surface area contributed by atoms with E-state index in [1.807, 2.05) is 7.05 Å². The average molecular weight is 296 g/mol. The number of hydrogen-bond donors (Lipinski definition) is 2. The van der Waals surface area contributed by atoms with Gasteiger partial charge in [-0.05, 0) is 51.2 Å². The van der Waals surface area contributed by atoms with Crippen molar-refractivity contribution in [2.75, 3.05) is 33.4 Å². The fraction of sp³-hybridized carbons (Fsp3) is 0.533. The first kappa shape index (κ1) is 15.7. The first-order valence-electron chi connectivity index (χ1n) is 7.13. The highest BCUT2D eigenvalue weighted by molar-refractivity contribution is 5.95. The molecule has 0 unspecified atom stereocenters. The lowest BCUT2D eigenvalue weighted by atomic mass is 10.0. The van der Waals surface area contributed by atoms with Crippen LogP contribution in [0.5, 0.6) is 5.75 Å². The van der Waals surface area contributed by atoms with Gasteiger partial charge in [-0.2, -0.15) is 0 Å². The minimum atomic E-state index is -0.572. The summed E-state index contributed by atoms with van der Waals surface area (Å²) in [4.78, 5) is 14.4. The van der Waals surface area contributed by atoms with Crippen LogP contribution in [0, 0.1) is 5.82 Å². The molecule has 1 aliphatic heterocycles. The summed E-state index contributed by atoms with van der Waals surface area (Å²) in [6.07, 6.45) is 1.73. The Morgan fingerprint density at radius 1 is 1.48 bits per heavy atom. The highest BCUT2D eigenvalue weighted by atomic mass is 19.1. The van der Waals surface area contributed by atoms with Crippen molar-refractivity contribution < 1.29 is 19.0 Å². The number of rotatable bonds is 5. The molecule has 6 heteroatoms. The predicted molar refractivity (Wildman–Crippen MR) is 77.0 cm³/mol. The molecule has 0 atom stereocenters. The number of aliphatic hydroxyl groups excluding tert-OH is 1. The van der Waals surface area contributed by atoms with Gasteiger partial charge in [0.1, 0.15) is 18.2 Å². The van der Waals surface area contributed by atoms with E-state index in [1.54, 1.807) is 0 Å². The molecule has 0 aliphatic carbocycles. The zero-order valence-electron chi connectivity index (χ0n) is 12.1. The Balaban J connectivity index is 2.00. The first-order valence-corrected chi connectivity index (χ1v) is 7.13. The van der Waals surface area contributed by atoms with Crippen molar-refractivity contribution in [3.63, 3.8) is 0 Å². The molecule has 21 heavy (non-hydrogen) atoms. The molecule has 1 saturated heterocycles. The van der Waals surface area contributed by atoms with E-state index in [0.29, 0.717) is 5.75 Å². The molecule has 1 fully saturated rings. The van der Waals surface area contributed by atoms with Gasteiger partial charge in [-0.3, -0.25) is 4.79 Å². The number of ether oxygens (including phenoxy) is 1. The van der Waals surface area contributed by atoms with Crippen LogP contribution in [0.25, 0.3) is 0 Å². The van der Waals surface area contributed by atoms with Gasteiger partial charge in [-0.15, -0.1) is 0 Å². The summed E-state index contributed by atoms with van der Waals surface area (Å²) in [6.45, 7) is 1.83. The lowest BCUT2D eigenvalue weighted by Gasteiger charge is -2.29. The topological polar surface area (TPSA) is 61.8 Å². The Morgan fingerprint density at radius 2 is 2.19 bits per heavy atom.